The molecule has 1 N–H and O–H groups in total. The van der Waals surface area contributed by atoms with E-state index >= 15 is 0 Å². The highest BCUT2D eigenvalue weighted by Crippen LogP contribution is 2.38. The Labute approximate surface area is 82.3 Å². The second-order valence-electron chi connectivity index (χ2n) is 3.87. The quantitative estimate of drug-likeness (QED) is 0.800. The first-order valence-electron chi connectivity index (χ1n) is 4.68. The average Bonchev–Trinajstić information content (AvgIpc) is 2.87. The average molecular weight is 196 g/mol. The second-order valence-corrected chi connectivity index (χ2v) is 3.87. The van der Waals surface area contributed by atoms with Crippen molar-refractivity contribution in [3.05, 3.63) is 29.6 Å². The van der Waals surface area contributed by atoms with Gasteiger partial charge in [-0.2, -0.15) is 0 Å². The number of methoxy groups -OCH3 is 1. The fraction of sp³-hybridized carbons (Fsp3) is 0.455. The lowest BCUT2D eigenvalue weighted by atomic mass is 10.1. The lowest BCUT2D eigenvalue weighted by Gasteiger charge is -2.09. The minimum Gasteiger partial charge on any atom is -0.494 e. The molecule has 1 aliphatic carbocycles. The maximum absolute atomic E-state index is 13.0. The number of halogens is 1. The van der Waals surface area contributed by atoms with Crippen LogP contribution in [0.5, 0.6) is 5.75 Å². The van der Waals surface area contributed by atoms with Crippen LogP contribution in [0, 0.1) is 5.82 Å². The first kappa shape index (κ1) is 9.46. The van der Waals surface area contributed by atoms with E-state index in [4.69, 9.17) is 4.74 Å². The van der Waals surface area contributed by atoms with E-state index in [-0.39, 0.29) is 11.6 Å². The molecule has 0 heterocycles. The summed E-state index contributed by atoms with van der Waals surface area (Å²) in [5, 5.41) is 9.68. The fourth-order valence-electron chi connectivity index (χ4n) is 1.52. The molecule has 0 aromatic heterocycles. The molecule has 1 aliphatic rings. The van der Waals surface area contributed by atoms with Crippen LogP contribution in [0.1, 0.15) is 18.4 Å². The van der Waals surface area contributed by atoms with E-state index in [1.54, 1.807) is 12.1 Å². The first-order chi connectivity index (χ1) is 6.63. The van der Waals surface area contributed by atoms with Crippen LogP contribution in [0.15, 0.2) is 18.2 Å². The molecule has 0 radical (unpaired) electrons. The molecule has 0 aliphatic heterocycles. The Balaban J connectivity index is 2.18. The number of aliphatic hydroxyl groups is 1. The van der Waals surface area contributed by atoms with Crippen molar-refractivity contribution in [3.8, 4) is 5.75 Å². The molecule has 2 nitrogen and oxygen atoms in total. The van der Waals surface area contributed by atoms with Gasteiger partial charge in [0.25, 0.3) is 0 Å². The third-order valence-electron chi connectivity index (χ3n) is 2.58. The highest BCUT2D eigenvalue weighted by Gasteiger charge is 2.40. The summed E-state index contributed by atoms with van der Waals surface area (Å²) in [5.41, 5.74) is 0.381. The SMILES string of the molecule is COc1cc(CC2(O)CC2)ccc1F. The zero-order valence-corrected chi connectivity index (χ0v) is 8.09. The molecule has 0 amide bonds. The summed E-state index contributed by atoms with van der Waals surface area (Å²) in [6.45, 7) is 0. The molecular weight excluding hydrogens is 183 g/mol. The van der Waals surface area contributed by atoms with Crippen LogP contribution < -0.4 is 4.74 Å². The Morgan fingerprint density at radius 3 is 2.79 bits per heavy atom. The van der Waals surface area contributed by atoms with Gasteiger partial charge < -0.3 is 9.84 Å². The van der Waals surface area contributed by atoms with Gasteiger partial charge in [-0.15, -0.1) is 0 Å². The van der Waals surface area contributed by atoms with Gasteiger partial charge in [-0.1, -0.05) is 6.07 Å². The normalized spacial score (nSPS) is 17.9. The van der Waals surface area contributed by atoms with Gasteiger partial charge >= 0.3 is 0 Å². The minimum atomic E-state index is -0.539. The molecule has 0 spiro atoms. The number of hydrogen-bond acceptors (Lipinski definition) is 2. The van der Waals surface area contributed by atoms with Crippen molar-refractivity contribution >= 4 is 0 Å². The maximum atomic E-state index is 13.0. The van der Waals surface area contributed by atoms with Gasteiger partial charge in [0, 0.05) is 6.42 Å². The summed E-state index contributed by atoms with van der Waals surface area (Å²) in [6, 6.07) is 4.71. The molecule has 0 bridgehead atoms. The summed E-state index contributed by atoms with van der Waals surface area (Å²) in [7, 11) is 1.44. The van der Waals surface area contributed by atoms with E-state index in [1.807, 2.05) is 0 Å². The van der Waals surface area contributed by atoms with Gasteiger partial charge in [0.05, 0.1) is 12.7 Å². The molecule has 76 valence electrons. The summed E-state index contributed by atoms with van der Waals surface area (Å²) < 4.78 is 17.9. The molecule has 14 heavy (non-hydrogen) atoms. The number of ether oxygens (including phenoxy) is 1. The van der Waals surface area contributed by atoms with Gasteiger partial charge in [0.2, 0.25) is 0 Å². The van der Waals surface area contributed by atoms with E-state index in [0.717, 1.165) is 18.4 Å². The predicted molar refractivity (Wildman–Crippen MR) is 50.8 cm³/mol. The minimum absolute atomic E-state index is 0.242. The van der Waals surface area contributed by atoms with Gasteiger partial charge in [-0.3, -0.25) is 0 Å². The molecule has 0 unspecified atom stereocenters. The lowest BCUT2D eigenvalue weighted by Crippen LogP contribution is -2.10. The van der Waals surface area contributed by atoms with E-state index < -0.39 is 5.60 Å². The standard InChI is InChI=1S/C11H13FO2/c1-14-10-6-8(2-3-9(10)12)7-11(13)4-5-11/h2-3,6,13H,4-5,7H2,1H3. The number of benzene rings is 1. The molecule has 1 aromatic rings. The summed E-state index contributed by atoms with van der Waals surface area (Å²) in [4.78, 5) is 0. The zero-order chi connectivity index (χ0) is 10.2. The lowest BCUT2D eigenvalue weighted by molar-refractivity contribution is 0.151. The van der Waals surface area contributed by atoms with E-state index in [1.165, 1.54) is 13.2 Å². The van der Waals surface area contributed by atoms with Crippen molar-refractivity contribution in [1.82, 2.24) is 0 Å². The third-order valence-corrected chi connectivity index (χ3v) is 2.58. The van der Waals surface area contributed by atoms with Crippen molar-refractivity contribution in [2.75, 3.05) is 7.11 Å². The summed E-state index contributed by atoms with van der Waals surface area (Å²) in [5.74, 6) is -0.120. The van der Waals surface area contributed by atoms with Crippen LogP contribution in [-0.4, -0.2) is 17.8 Å². The Morgan fingerprint density at radius 1 is 1.50 bits per heavy atom. The number of hydrogen-bond donors (Lipinski definition) is 1. The van der Waals surface area contributed by atoms with Gasteiger partial charge in [0.1, 0.15) is 0 Å². The molecule has 1 fully saturated rings. The van der Waals surface area contributed by atoms with Gasteiger partial charge in [0.15, 0.2) is 11.6 Å². The molecular formula is C11H13FO2. The van der Waals surface area contributed by atoms with E-state index in [0.29, 0.717) is 6.42 Å². The Morgan fingerprint density at radius 2 is 2.21 bits per heavy atom. The third kappa shape index (κ3) is 1.87. The molecule has 0 saturated heterocycles. The number of rotatable bonds is 3. The van der Waals surface area contributed by atoms with Crippen LogP contribution in [0.3, 0.4) is 0 Å². The largest absolute Gasteiger partial charge is 0.494 e. The maximum Gasteiger partial charge on any atom is 0.165 e. The molecule has 1 aromatic carbocycles. The van der Waals surface area contributed by atoms with Crippen LogP contribution in [0.25, 0.3) is 0 Å². The van der Waals surface area contributed by atoms with E-state index in [2.05, 4.69) is 0 Å². The van der Waals surface area contributed by atoms with Crippen molar-refractivity contribution in [3.63, 3.8) is 0 Å². The van der Waals surface area contributed by atoms with Crippen molar-refractivity contribution in [2.45, 2.75) is 24.9 Å². The van der Waals surface area contributed by atoms with Gasteiger partial charge in [-0.05, 0) is 30.5 Å². The summed E-state index contributed by atoms with van der Waals surface area (Å²) in [6.07, 6.45) is 2.27. The second kappa shape index (κ2) is 3.24. The smallest absolute Gasteiger partial charge is 0.165 e. The van der Waals surface area contributed by atoms with Gasteiger partial charge in [-0.25, -0.2) is 4.39 Å². The van der Waals surface area contributed by atoms with Crippen LogP contribution >= 0.6 is 0 Å². The topological polar surface area (TPSA) is 29.5 Å². The molecule has 0 atom stereocenters. The van der Waals surface area contributed by atoms with Crippen LogP contribution in [0.4, 0.5) is 4.39 Å². The first-order valence-corrected chi connectivity index (χ1v) is 4.68. The zero-order valence-electron chi connectivity index (χ0n) is 8.09. The highest BCUT2D eigenvalue weighted by atomic mass is 19.1. The molecule has 1 saturated carbocycles. The van der Waals surface area contributed by atoms with Crippen molar-refractivity contribution < 1.29 is 14.2 Å². The monoisotopic (exact) mass is 196 g/mol. The summed E-state index contributed by atoms with van der Waals surface area (Å²) >= 11 is 0. The highest BCUT2D eigenvalue weighted by molar-refractivity contribution is 5.31. The predicted octanol–water partition coefficient (Wildman–Crippen LogP) is 1.90. The van der Waals surface area contributed by atoms with Crippen LogP contribution in [0.2, 0.25) is 0 Å². The van der Waals surface area contributed by atoms with Crippen molar-refractivity contribution in [1.29, 1.82) is 0 Å². The molecule has 2 rings (SSSR count). The van der Waals surface area contributed by atoms with Crippen LogP contribution in [-0.2, 0) is 6.42 Å². The Kier molecular flexibility index (Phi) is 2.19. The van der Waals surface area contributed by atoms with Crippen molar-refractivity contribution in [2.24, 2.45) is 0 Å². The molecule has 3 heteroatoms. The Hall–Kier alpha value is -1.09. The van der Waals surface area contributed by atoms with E-state index in [9.17, 15) is 9.50 Å². The Bertz CT molecular complexity index is 345. The fourth-order valence-corrected chi connectivity index (χ4v) is 1.52.